The zero-order valence-corrected chi connectivity index (χ0v) is 10.7. The smallest absolute Gasteiger partial charge is 0.225 e. The van der Waals surface area contributed by atoms with Crippen molar-refractivity contribution in [3.8, 4) is 0 Å². The van der Waals surface area contributed by atoms with Crippen LogP contribution in [-0.2, 0) is 19.9 Å². The first-order chi connectivity index (χ1) is 7.87. The number of hydrogen-bond donors (Lipinski definition) is 1. The SMILES string of the molecule is NS(=O)(=O)c1ccc(F)c(S(=O)(=O)C(F)(F)Cl)c1. The lowest BCUT2D eigenvalue weighted by Crippen LogP contribution is -2.24. The van der Waals surface area contributed by atoms with E-state index in [1.165, 1.54) is 0 Å². The fraction of sp³-hybridized carbons (Fsp3) is 0.143. The topological polar surface area (TPSA) is 94.3 Å². The van der Waals surface area contributed by atoms with Crippen LogP contribution in [0.1, 0.15) is 0 Å². The first kappa shape index (κ1) is 15.2. The quantitative estimate of drug-likeness (QED) is 0.841. The number of benzene rings is 1. The van der Waals surface area contributed by atoms with Crippen LogP contribution in [-0.4, -0.2) is 21.5 Å². The Kier molecular flexibility index (Phi) is 3.69. The first-order valence-electron chi connectivity index (χ1n) is 4.01. The third-order valence-corrected chi connectivity index (χ3v) is 4.85. The molecule has 0 aliphatic rings. The number of halogens is 4. The fourth-order valence-electron chi connectivity index (χ4n) is 0.991. The van der Waals surface area contributed by atoms with E-state index in [1.807, 2.05) is 0 Å². The van der Waals surface area contributed by atoms with Crippen molar-refractivity contribution < 1.29 is 30.0 Å². The van der Waals surface area contributed by atoms with Crippen molar-refractivity contribution in [2.24, 2.45) is 5.14 Å². The van der Waals surface area contributed by atoms with Crippen molar-refractivity contribution >= 4 is 31.5 Å². The van der Waals surface area contributed by atoms with Crippen LogP contribution in [0.5, 0.6) is 0 Å². The van der Waals surface area contributed by atoms with Crippen LogP contribution in [0.3, 0.4) is 0 Å². The van der Waals surface area contributed by atoms with Crippen molar-refractivity contribution in [2.75, 3.05) is 0 Å². The lowest BCUT2D eigenvalue weighted by atomic mass is 10.3. The van der Waals surface area contributed by atoms with Gasteiger partial charge in [0.1, 0.15) is 10.7 Å². The van der Waals surface area contributed by atoms with Gasteiger partial charge in [-0.15, -0.1) is 0 Å². The van der Waals surface area contributed by atoms with Gasteiger partial charge in [-0.2, -0.15) is 8.78 Å². The number of primary sulfonamides is 1. The Morgan fingerprint density at radius 3 is 2.06 bits per heavy atom. The molecule has 0 spiro atoms. The summed E-state index contributed by atoms with van der Waals surface area (Å²) in [5, 5.41) is 4.66. The molecule has 18 heavy (non-hydrogen) atoms. The molecular formula is C7H5ClF3NO4S2. The molecule has 11 heteroatoms. The molecule has 0 heterocycles. The Balaban J connectivity index is 3.63. The van der Waals surface area contributed by atoms with Crippen LogP contribution in [0.2, 0.25) is 0 Å². The van der Waals surface area contributed by atoms with Gasteiger partial charge in [0, 0.05) is 0 Å². The molecule has 0 aliphatic heterocycles. The van der Waals surface area contributed by atoms with E-state index in [1.54, 1.807) is 0 Å². The van der Waals surface area contributed by atoms with E-state index in [2.05, 4.69) is 16.7 Å². The zero-order chi connectivity index (χ0) is 14.4. The molecule has 0 saturated heterocycles. The Morgan fingerprint density at radius 1 is 1.17 bits per heavy atom. The minimum Gasteiger partial charge on any atom is -0.225 e. The number of rotatable bonds is 3. The maximum absolute atomic E-state index is 13.2. The molecule has 2 N–H and O–H groups in total. The maximum Gasteiger partial charge on any atom is 0.427 e. The second kappa shape index (κ2) is 4.37. The van der Waals surface area contributed by atoms with Crippen LogP contribution < -0.4 is 5.14 Å². The molecule has 102 valence electrons. The largest absolute Gasteiger partial charge is 0.427 e. The van der Waals surface area contributed by atoms with Crippen LogP contribution in [0.25, 0.3) is 0 Å². The Morgan fingerprint density at radius 2 is 1.67 bits per heavy atom. The van der Waals surface area contributed by atoms with Crippen LogP contribution >= 0.6 is 11.6 Å². The van der Waals surface area contributed by atoms with E-state index in [0.717, 1.165) is 0 Å². The highest BCUT2D eigenvalue weighted by Crippen LogP contribution is 2.34. The minimum atomic E-state index is -5.55. The number of nitrogens with two attached hydrogens (primary N) is 1. The fourth-order valence-corrected chi connectivity index (χ4v) is 2.71. The predicted octanol–water partition coefficient (Wildman–Crippen LogP) is 1.04. The lowest BCUT2D eigenvalue weighted by molar-refractivity contribution is 0.186. The van der Waals surface area contributed by atoms with Gasteiger partial charge in [-0.3, -0.25) is 0 Å². The van der Waals surface area contributed by atoms with Crippen LogP contribution in [0.15, 0.2) is 28.0 Å². The normalized spacial score (nSPS) is 13.6. The van der Waals surface area contributed by atoms with Gasteiger partial charge in [-0.25, -0.2) is 26.4 Å². The Labute approximate surface area is 105 Å². The predicted molar refractivity (Wildman–Crippen MR) is 55.8 cm³/mol. The molecule has 0 fully saturated rings. The van der Waals surface area contributed by atoms with E-state index < -0.39 is 40.2 Å². The second-order valence-corrected chi connectivity index (χ2v) is 7.31. The summed E-state index contributed by atoms with van der Waals surface area (Å²) in [7, 11) is -9.92. The van der Waals surface area contributed by atoms with Gasteiger partial charge in [-0.1, -0.05) is 0 Å². The van der Waals surface area contributed by atoms with Crippen molar-refractivity contribution in [1.29, 1.82) is 0 Å². The molecule has 0 amide bonds. The number of alkyl halides is 3. The van der Waals surface area contributed by atoms with E-state index in [0.29, 0.717) is 12.1 Å². The number of hydrogen-bond acceptors (Lipinski definition) is 4. The molecule has 0 aromatic heterocycles. The van der Waals surface area contributed by atoms with Crippen molar-refractivity contribution in [3.05, 3.63) is 24.0 Å². The summed E-state index contributed by atoms with van der Waals surface area (Å²) in [6, 6.07) is 1.20. The van der Waals surface area contributed by atoms with Gasteiger partial charge in [-0.05, 0) is 29.8 Å². The van der Waals surface area contributed by atoms with Gasteiger partial charge in [0.05, 0.1) is 4.90 Å². The average molecular weight is 324 g/mol. The maximum atomic E-state index is 13.2. The minimum absolute atomic E-state index is 0.177. The molecule has 0 saturated carbocycles. The molecule has 0 bridgehead atoms. The van der Waals surface area contributed by atoms with Gasteiger partial charge >= 0.3 is 4.71 Å². The standard InChI is InChI=1S/C7H5ClF3NO4S2/c8-7(10,11)17(13,14)6-3-4(18(12,15)16)1-2-5(6)9/h1-3H,(H2,12,15,16). The van der Waals surface area contributed by atoms with Gasteiger partial charge in [0.25, 0.3) is 9.84 Å². The lowest BCUT2D eigenvalue weighted by Gasteiger charge is -2.11. The molecule has 0 atom stereocenters. The monoisotopic (exact) mass is 323 g/mol. The second-order valence-electron chi connectivity index (χ2n) is 3.09. The molecule has 1 aromatic rings. The molecule has 1 rings (SSSR count). The number of sulfonamides is 1. The molecule has 0 radical (unpaired) electrons. The zero-order valence-electron chi connectivity index (χ0n) is 8.27. The Hall–Kier alpha value is -0.840. The van der Waals surface area contributed by atoms with Crippen LogP contribution in [0, 0.1) is 5.82 Å². The van der Waals surface area contributed by atoms with Gasteiger partial charge in [0.2, 0.25) is 10.0 Å². The van der Waals surface area contributed by atoms with Crippen molar-refractivity contribution in [2.45, 2.75) is 14.5 Å². The van der Waals surface area contributed by atoms with Gasteiger partial charge in [0.15, 0.2) is 0 Å². The number of sulfone groups is 1. The third kappa shape index (κ3) is 2.76. The first-order valence-corrected chi connectivity index (χ1v) is 7.42. The van der Waals surface area contributed by atoms with Crippen molar-refractivity contribution in [1.82, 2.24) is 0 Å². The highest BCUT2D eigenvalue weighted by Gasteiger charge is 2.45. The summed E-state index contributed by atoms with van der Waals surface area (Å²) in [6.07, 6.45) is 0. The van der Waals surface area contributed by atoms with E-state index in [4.69, 9.17) is 0 Å². The Bertz CT molecular complexity index is 681. The van der Waals surface area contributed by atoms with Crippen molar-refractivity contribution in [3.63, 3.8) is 0 Å². The summed E-state index contributed by atoms with van der Waals surface area (Å²) >= 11 is 4.33. The summed E-state index contributed by atoms with van der Waals surface area (Å²) in [4.78, 5) is -2.38. The van der Waals surface area contributed by atoms with Gasteiger partial charge < -0.3 is 0 Å². The van der Waals surface area contributed by atoms with Crippen LogP contribution in [0.4, 0.5) is 13.2 Å². The molecule has 0 unspecified atom stereocenters. The summed E-state index contributed by atoms with van der Waals surface area (Å²) < 4.78 is 77.9. The summed E-state index contributed by atoms with van der Waals surface area (Å²) in [5.41, 5.74) is 0. The molecular weight excluding hydrogens is 319 g/mol. The highest BCUT2D eigenvalue weighted by molar-refractivity contribution is 7.93. The average Bonchev–Trinajstić information content (AvgIpc) is 2.14. The molecule has 0 aliphatic carbocycles. The molecule has 5 nitrogen and oxygen atoms in total. The van der Waals surface area contributed by atoms with E-state index in [-0.39, 0.29) is 6.07 Å². The third-order valence-electron chi connectivity index (χ3n) is 1.83. The summed E-state index contributed by atoms with van der Waals surface area (Å²) in [5.74, 6) is -1.57. The van der Waals surface area contributed by atoms with E-state index >= 15 is 0 Å². The van der Waals surface area contributed by atoms with E-state index in [9.17, 15) is 30.0 Å². The molecule has 1 aromatic carbocycles. The highest BCUT2D eigenvalue weighted by atomic mass is 35.5. The summed E-state index contributed by atoms with van der Waals surface area (Å²) in [6.45, 7) is 0.